The molecule has 0 aliphatic rings. The van der Waals surface area contributed by atoms with E-state index >= 15 is 0 Å². The second kappa shape index (κ2) is 7.81. The molecular weight excluding hydrogens is 251 g/mol. The lowest BCUT2D eigenvalue weighted by Gasteiger charge is -2.06. The van der Waals surface area contributed by atoms with E-state index in [9.17, 15) is 0 Å². The van der Waals surface area contributed by atoms with Gasteiger partial charge in [-0.05, 0) is 18.2 Å². The van der Waals surface area contributed by atoms with Gasteiger partial charge in [0, 0.05) is 0 Å². The summed E-state index contributed by atoms with van der Waals surface area (Å²) in [5, 5.41) is 0. The van der Waals surface area contributed by atoms with Crippen LogP contribution in [0.25, 0.3) is 0 Å². The van der Waals surface area contributed by atoms with Crippen molar-refractivity contribution in [2.45, 2.75) is 38.1 Å². The summed E-state index contributed by atoms with van der Waals surface area (Å²) in [6, 6.07) is -1.52. The Morgan fingerprint density at radius 1 is 0.833 bits per heavy atom. The van der Waals surface area contributed by atoms with Gasteiger partial charge in [-0.3, -0.25) is 0 Å². The van der Waals surface area contributed by atoms with Crippen molar-refractivity contribution in [3.63, 3.8) is 0 Å². The van der Waals surface area contributed by atoms with Crippen molar-refractivity contribution in [3.8, 4) is 0 Å². The molecule has 0 aromatic rings. The van der Waals surface area contributed by atoms with Gasteiger partial charge < -0.3 is 0 Å². The van der Waals surface area contributed by atoms with Crippen LogP contribution in [0, 0.1) is 0 Å². The van der Waals surface area contributed by atoms with Gasteiger partial charge in [-0.1, -0.05) is 25.7 Å². The summed E-state index contributed by atoms with van der Waals surface area (Å²) in [4.78, 5) is 0. The summed E-state index contributed by atoms with van der Waals surface area (Å²) in [6.45, 7) is 0. The Balaban J connectivity index is 3.01. The summed E-state index contributed by atoms with van der Waals surface area (Å²) < 4.78 is 0. The number of unbranched alkanes of at least 4 members (excludes halogenated alkanes) is 4. The SMILES string of the molecule is SCCCCCCC[Si](Cl)(Cl)Cl. The molecule has 0 saturated carbocycles. The Kier molecular flexibility index (Phi) is 8.74. The third-order valence-corrected chi connectivity index (χ3v) is 4.56. The number of halogens is 3. The van der Waals surface area contributed by atoms with Crippen molar-refractivity contribution in [1.82, 2.24) is 0 Å². The van der Waals surface area contributed by atoms with Crippen LogP contribution in [0.2, 0.25) is 6.04 Å². The molecule has 0 radical (unpaired) electrons. The highest BCUT2D eigenvalue weighted by Gasteiger charge is 2.23. The van der Waals surface area contributed by atoms with Crippen LogP contribution in [-0.2, 0) is 0 Å². The molecule has 0 spiro atoms. The molecule has 74 valence electrons. The molecule has 0 aromatic carbocycles. The second-order valence-electron chi connectivity index (χ2n) is 2.86. The van der Waals surface area contributed by atoms with E-state index in [4.69, 9.17) is 33.2 Å². The molecular formula is C7H15Cl3SSi. The van der Waals surface area contributed by atoms with E-state index < -0.39 is 6.00 Å². The van der Waals surface area contributed by atoms with Gasteiger partial charge in [0.15, 0.2) is 0 Å². The fourth-order valence-electron chi connectivity index (χ4n) is 0.968. The van der Waals surface area contributed by atoms with Crippen molar-refractivity contribution < 1.29 is 0 Å². The number of thiol groups is 1. The minimum atomic E-state index is -2.32. The number of rotatable bonds is 7. The van der Waals surface area contributed by atoms with Crippen LogP contribution in [-0.4, -0.2) is 11.8 Å². The number of hydrogen-bond donors (Lipinski definition) is 1. The third kappa shape index (κ3) is 11.4. The van der Waals surface area contributed by atoms with Crippen LogP contribution >= 0.6 is 45.9 Å². The van der Waals surface area contributed by atoms with E-state index in [-0.39, 0.29) is 0 Å². The maximum Gasteiger partial charge on any atom is 0.341 e. The van der Waals surface area contributed by atoms with Crippen molar-refractivity contribution in [2.24, 2.45) is 0 Å². The fourth-order valence-corrected chi connectivity index (χ4v) is 3.04. The summed E-state index contributed by atoms with van der Waals surface area (Å²) in [5.41, 5.74) is 0. The third-order valence-electron chi connectivity index (χ3n) is 1.62. The lowest BCUT2D eigenvalue weighted by atomic mass is 10.2. The Hall–Kier alpha value is 1.44. The van der Waals surface area contributed by atoms with Gasteiger partial charge in [0.25, 0.3) is 0 Å². The first-order chi connectivity index (χ1) is 5.56. The molecule has 0 N–H and O–H groups in total. The summed E-state index contributed by atoms with van der Waals surface area (Å²) >= 11 is 21.3. The van der Waals surface area contributed by atoms with E-state index in [0.717, 1.165) is 18.2 Å². The molecule has 12 heavy (non-hydrogen) atoms. The van der Waals surface area contributed by atoms with E-state index in [1.165, 1.54) is 25.7 Å². The summed E-state index contributed by atoms with van der Waals surface area (Å²) in [5.74, 6) is 0.985. The molecule has 0 atom stereocenters. The molecule has 0 rings (SSSR count). The number of hydrogen-bond acceptors (Lipinski definition) is 1. The molecule has 0 aliphatic carbocycles. The predicted molar refractivity (Wildman–Crippen MR) is 65.1 cm³/mol. The fraction of sp³-hybridized carbons (Fsp3) is 1.00. The topological polar surface area (TPSA) is 0 Å². The lowest BCUT2D eigenvalue weighted by molar-refractivity contribution is 0.658. The Morgan fingerprint density at radius 3 is 1.83 bits per heavy atom. The minimum absolute atomic E-state index is 0.804. The van der Waals surface area contributed by atoms with Gasteiger partial charge in [-0.15, -0.1) is 33.2 Å². The Morgan fingerprint density at radius 2 is 1.33 bits per heavy atom. The molecule has 0 fully saturated rings. The first-order valence-electron chi connectivity index (χ1n) is 4.24. The minimum Gasteiger partial charge on any atom is -0.179 e. The standard InChI is InChI=1S/C7H15Cl3SSi/c8-12(9,10)7-5-3-1-2-4-6-11/h11H,1-7H2. The van der Waals surface area contributed by atoms with Gasteiger partial charge in [0.2, 0.25) is 0 Å². The first kappa shape index (κ1) is 13.4. The van der Waals surface area contributed by atoms with Crippen molar-refractivity contribution >= 4 is 51.9 Å². The molecule has 0 aromatic heterocycles. The highest BCUT2D eigenvalue weighted by molar-refractivity contribution is 7.80. The van der Waals surface area contributed by atoms with Gasteiger partial charge in [-0.2, -0.15) is 12.6 Å². The smallest absolute Gasteiger partial charge is 0.179 e. The highest BCUT2D eigenvalue weighted by atomic mass is 35.8. The molecule has 0 saturated heterocycles. The zero-order valence-electron chi connectivity index (χ0n) is 7.03. The van der Waals surface area contributed by atoms with Crippen LogP contribution in [0.3, 0.4) is 0 Å². The molecule has 0 heterocycles. The van der Waals surface area contributed by atoms with Crippen LogP contribution in [0.1, 0.15) is 32.1 Å². The van der Waals surface area contributed by atoms with Gasteiger partial charge >= 0.3 is 6.00 Å². The van der Waals surface area contributed by atoms with Crippen LogP contribution < -0.4 is 0 Å². The molecule has 0 unspecified atom stereocenters. The van der Waals surface area contributed by atoms with Crippen molar-refractivity contribution in [3.05, 3.63) is 0 Å². The summed E-state index contributed by atoms with van der Waals surface area (Å²) in [6.07, 6.45) is 5.96. The average molecular weight is 266 g/mol. The summed E-state index contributed by atoms with van der Waals surface area (Å²) in [7, 11) is 0. The van der Waals surface area contributed by atoms with Crippen LogP contribution in [0.4, 0.5) is 0 Å². The Bertz CT molecular complexity index is 105. The molecule has 5 heteroatoms. The molecule has 0 nitrogen and oxygen atoms in total. The van der Waals surface area contributed by atoms with E-state index in [0.29, 0.717) is 0 Å². The predicted octanol–water partition coefficient (Wildman–Crippen LogP) is 4.52. The van der Waals surface area contributed by atoms with Gasteiger partial charge in [0.1, 0.15) is 0 Å². The van der Waals surface area contributed by atoms with Gasteiger partial charge in [0.05, 0.1) is 0 Å². The van der Waals surface area contributed by atoms with Crippen LogP contribution in [0.15, 0.2) is 0 Å². The van der Waals surface area contributed by atoms with E-state index in [1.807, 2.05) is 0 Å². The zero-order valence-corrected chi connectivity index (χ0v) is 11.2. The second-order valence-corrected chi connectivity index (χ2v) is 12.6. The first-order valence-corrected chi connectivity index (χ1v) is 10.1. The maximum atomic E-state index is 5.73. The van der Waals surface area contributed by atoms with Crippen LogP contribution in [0.5, 0.6) is 0 Å². The van der Waals surface area contributed by atoms with E-state index in [1.54, 1.807) is 0 Å². The largest absolute Gasteiger partial charge is 0.341 e. The monoisotopic (exact) mass is 264 g/mol. The lowest BCUT2D eigenvalue weighted by Crippen LogP contribution is -2.07. The normalized spacial score (nSPS) is 12.0. The maximum absolute atomic E-state index is 5.73. The quantitative estimate of drug-likeness (QED) is 0.297. The molecule has 0 amide bonds. The Labute approximate surface area is 95.5 Å². The highest BCUT2D eigenvalue weighted by Crippen LogP contribution is 2.27. The van der Waals surface area contributed by atoms with E-state index in [2.05, 4.69) is 12.6 Å². The van der Waals surface area contributed by atoms with Crippen molar-refractivity contribution in [2.75, 3.05) is 5.75 Å². The molecule has 0 bridgehead atoms. The zero-order chi connectivity index (χ0) is 9.45. The van der Waals surface area contributed by atoms with Crippen molar-refractivity contribution in [1.29, 1.82) is 0 Å². The molecule has 0 aliphatic heterocycles. The average Bonchev–Trinajstić information content (AvgIpc) is 1.94. The van der Waals surface area contributed by atoms with Gasteiger partial charge in [-0.25, -0.2) is 0 Å².